The van der Waals surface area contributed by atoms with E-state index in [0.29, 0.717) is 12.1 Å². The minimum Gasteiger partial charge on any atom is -0.359 e. The van der Waals surface area contributed by atoms with Crippen LogP contribution in [0, 0.1) is 0 Å². The van der Waals surface area contributed by atoms with Crippen LogP contribution in [-0.4, -0.2) is 29.9 Å². The second-order valence-electron chi connectivity index (χ2n) is 3.23. The summed E-state index contributed by atoms with van der Waals surface area (Å²) < 4.78 is 0. The molecule has 2 atom stereocenters. The van der Waals surface area contributed by atoms with Gasteiger partial charge in [-0.1, -0.05) is 13.8 Å². The lowest BCUT2D eigenvalue weighted by molar-refractivity contribution is 0.367. The van der Waals surface area contributed by atoms with Gasteiger partial charge in [-0.05, 0) is 13.3 Å². The summed E-state index contributed by atoms with van der Waals surface area (Å²) in [6.07, 6.45) is 2.23. The van der Waals surface area contributed by atoms with E-state index in [1.807, 2.05) is 0 Å². The first-order chi connectivity index (χ1) is 5.20. The summed E-state index contributed by atoms with van der Waals surface area (Å²) in [5.74, 6) is 1.27. The molecule has 0 N–H and O–H groups in total. The summed E-state index contributed by atoms with van der Waals surface area (Å²) in [6, 6.07) is 1.14. The maximum atomic E-state index is 4.63. The van der Waals surface area contributed by atoms with Gasteiger partial charge >= 0.3 is 0 Å². The molecule has 1 aliphatic heterocycles. The second-order valence-corrected chi connectivity index (χ2v) is 3.23. The molecule has 0 aromatic heterocycles. The van der Waals surface area contributed by atoms with Crippen LogP contribution >= 0.6 is 0 Å². The number of amidine groups is 1. The van der Waals surface area contributed by atoms with Crippen molar-refractivity contribution in [2.75, 3.05) is 7.05 Å². The number of aliphatic imine (C=N–C) groups is 1. The molecule has 0 spiro atoms. The lowest BCUT2D eigenvalue weighted by Gasteiger charge is -2.21. The highest BCUT2D eigenvalue weighted by Crippen LogP contribution is 2.19. The highest BCUT2D eigenvalue weighted by molar-refractivity contribution is 5.84. The summed E-state index contributed by atoms with van der Waals surface area (Å²) in [5.41, 5.74) is 0. The van der Waals surface area contributed by atoms with E-state index in [1.54, 1.807) is 0 Å². The predicted octanol–water partition coefficient (Wildman–Crippen LogP) is 1.91. The van der Waals surface area contributed by atoms with E-state index >= 15 is 0 Å². The van der Waals surface area contributed by atoms with Crippen LogP contribution in [0.15, 0.2) is 4.99 Å². The molecular formula is C9H18N2. The predicted molar refractivity (Wildman–Crippen MR) is 49.0 cm³/mol. The quantitative estimate of drug-likeness (QED) is 0.593. The molecule has 11 heavy (non-hydrogen) atoms. The lowest BCUT2D eigenvalue weighted by atomic mass is 10.1. The Bertz CT molecular complexity index is 163. The van der Waals surface area contributed by atoms with E-state index in [-0.39, 0.29) is 0 Å². The molecule has 0 bridgehead atoms. The molecule has 2 unspecified atom stereocenters. The molecule has 0 saturated carbocycles. The highest BCUT2D eigenvalue weighted by atomic mass is 15.3. The van der Waals surface area contributed by atoms with Gasteiger partial charge in [-0.2, -0.15) is 0 Å². The molecular weight excluding hydrogens is 136 g/mol. The fourth-order valence-corrected chi connectivity index (χ4v) is 1.66. The van der Waals surface area contributed by atoms with Gasteiger partial charge in [0.2, 0.25) is 0 Å². The molecule has 0 saturated heterocycles. The highest BCUT2D eigenvalue weighted by Gasteiger charge is 2.27. The van der Waals surface area contributed by atoms with Crippen molar-refractivity contribution in [2.24, 2.45) is 4.99 Å². The van der Waals surface area contributed by atoms with E-state index in [9.17, 15) is 0 Å². The van der Waals surface area contributed by atoms with Gasteiger partial charge in [0.1, 0.15) is 0 Å². The monoisotopic (exact) mass is 154 g/mol. The lowest BCUT2D eigenvalue weighted by Crippen LogP contribution is -2.33. The molecule has 2 nitrogen and oxygen atoms in total. The van der Waals surface area contributed by atoms with Crippen molar-refractivity contribution in [1.82, 2.24) is 4.90 Å². The van der Waals surface area contributed by atoms with Crippen LogP contribution in [-0.2, 0) is 0 Å². The Morgan fingerprint density at radius 2 is 2.09 bits per heavy atom. The molecule has 0 aromatic carbocycles. The maximum absolute atomic E-state index is 4.63. The average molecular weight is 154 g/mol. The minimum absolute atomic E-state index is 0.537. The van der Waals surface area contributed by atoms with Gasteiger partial charge in [0.05, 0.1) is 11.9 Å². The van der Waals surface area contributed by atoms with Gasteiger partial charge < -0.3 is 4.90 Å². The van der Waals surface area contributed by atoms with E-state index < -0.39 is 0 Å². The first kappa shape index (κ1) is 8.57. The zero-order valence-electron chi connectivity index (χ0n) is 7.96. The normalized spacial score (nSPS) is 30.9. The maximum Gasteiger partial charge on any atom is 0.0991 e. The third kappa shape index (κ3) is 1.39. The summed E-state index contributed by atoms with van der Waals surface area (Å²) in [6.45, 7) is 6.62. The van der Waals surface area contributed by atoms with Gasteiger partial charge in [0.25, 0.3) is 0 Å². The van der Waals surface area contributed by atoms with Crippen molar-refractivity contribution in [3.8, 4) is 0 Å². The van der Waals surface area contributed by atoms with Crippen molar-refractivity contribution in [1.29, 1.82) is 0 Å². The third-order valence-corrected chi connectivity index (χ3v) is 2.62. The molecule has 0 amide bonds. The summed E-state index contributed by atoms with van der Waals surface area (Å²) >= 11 is 0. The Hall–Kier alpha value is -0.530. The number of hydrogen-bond acceptors (Lipinski definition) is 2. The van der Waals surface area contributed by atoms with Crippen LogP contribution in [0.3, 0.4) is 0 Å². The largest absolute Gasteiger partial charge is 0.359 e. The molecule has 1 aliphatic rings. The number of hydrogen-bond donors (Lipinski definition) is 0. The van der Waals surface area contributed by atoms with Crippen LogP contribution in [0.5, 0.6) is 0 Å². The third-order valence-electron chi connectivity index (χ3n) is 2.62. The summed E-state index contributed by atoms with van der Waals surface area (Å²) in [4.78, 5) is 6.93. The average Bonchev–Trinajstić information content (AvgIpc) is 2.30. The fourth-order valence-electron chi connectivity index (χ4n) is 1.66. The van der Waals surface area contributed by atoms with E-state index in [1.165, 1.54) is 5.84 Å². The number of likely N-dealkylation sites (N-methyl/N-ethyl adjacent to an activating group) is 1. The SMILES string of the molecule is CCC1=NC(CC)C(C)N1C. The van der Waals surface area contributed by atoms with Crippen LogP contribution in [0.1, 0.15) is 33.6 Å². The topological polar surface area (TPSA) is 15.6 Å². The van der Waals surface area contributed by atoms with Crippen molar-refractivity contribution in [2.45, 2.75) is 45.7 Å². The standard InChI is InChI=1S/C9H18N2/c1-5-8-7(3)11(4)9(6-2)10-8/h7-8H,5-6H2,1-4H3. The second kappa shape index (κ2) is 3.24. The molecule has 0 fully saturated rings. The van der Waals surface area contributed by atoms with Crippen molar-refractivity contribution in [3.63, 3.8) is 0 Å². The van der Waals surface area contributed by atoms with Gasteiger partial charge in [-0.25, -0.2) is 0 Å². The smallest absolute Gasteiger partial charge is 0.0991 e. The van der Waals surface area contributed by atoms with E-state index in [4.69, 9.17) is 0 Å². The number of rotatable bonds is 2. The molecule has 0 radical (unpaired) electrons. The van der Waals surface area contributed by atoms with Crippen LogP contribution in [0.4, 0.5) is 0 Å². The molecule has 0 aliphatic carbocycles. The molecule has 1 heterocycles. The fraction of sp³-hybridized carbons (Fsp3) is 0.889. The minimum atomic E-state index is 0.537. The van der Waals surface area contributed by atoms with Crippen LogP contribution < -0.4 is 0 Å². The molecule has 1 rings (SSSR count). The zero-order valence-corrected chi connectivity index (χ0v) is 7.96. The van der Waals surface area contributed by atoms with Gasteiger partial charge in [-0.15, -0.1) is 0 Å². The van der Waals surface area contributed by atoms with Gasteiger partial charge in [-0.3, -0.25) is 4.99 Å². The molecule has 64 valence electrons. The molecule has 0 aromatic rings. The summed E-state index contributed by atoms with van der Waals surface area (Å²) in [5, 5.41) is 0. The van der Waals surface area contributed by atoms with E-state index in [2.05, 4.69) is 37.7 Å². The van der Waals surface area contributed by atoms with Crippen molar-refractivity contribution in [3.05, 3.63) is 0 Å². The number of nitrogens with zero attached hydrogens (tertiary/aromatic N) is 2. The Morgan fingerprint density at radius 3 is 2.36 bits per heavy atom. The summed E-state index contributed by atoms with van der Waals surface area (Å²) in [7, 11) is 2.14. The van der Waals surface area contributed by atoms with Crippen molar-refractivity contribution < 1.29 is 0 Å². The first-order valence-corrected chi connectivity index (χ1v) is 4.50. The Kier molecular flexibility index (Phi) is 2.53. The van der Waals surface area contributed by atoms with Crippen LogP contribution in [0.2, 0.25) is 0 Å². The van der Waals surface area contributed by atoms with Crippen LogP contribution in [0.25, 0.3) is 0 Å². The zero-order chi connectivity index (χ0) is 8.43. The molecule has 2 heteroatoms. The van der Waals surface area contributed by atoms with Gasteiger partial charge in [0, 0.05) is 19.5 Å². The Morgan fingerprint density at radius 1 is 1.45 bits per heavy atom. The van der Waals surface area contributed by atoms with Crippen molar-refractivity contribution >= 4 is 5.84 Å². The Balaban J connectivity index is 2.68. The van der Waals surface area contributed by atoms with Gasteiger partial charge in [0.15, 0.2) is 0 Å². The Labute approximate surface area is 69.3 Å². The van der Waals surface area contributed by atoms with E-state index in [0.717, 1.165) is 12.8 Å². The first-order valence-electron chi connectivity index (χ1n) is 4.50.